The van der Waals surface area contributed by atoms with E-state index in [4.69, 9.17) is 19.4 Å². The fourth-order valence-corrected chi connectivity index (χ4v) is 4.41. The monoisotopic (exact) mass is 414 g/mol. The van der Waals surface area contributed by atoms with Gasteiger partial charge in [-0.3, -0.25) is 4.90 Å². The van der Waals surface area contributed by atoms with Gasteiger partial charge in [0.1, 0.15) is 16.5 Å². The van der Waals surface area contributed by atoms with Crippen LogP contribution in [-0.4, -0.2) is 72.6 Å². The molecule has 1 aromatic carbocycles. The van der Waals surface area contributed by atoms with Gasteiger partial charge in [0.2, 0.25) is 0 Å². The van der Waals surface area contributed by atoms with E-state index in [1.807, 2.05) is 18.2 Å². The third kappa shape index (κ3) is 4.91. The van der Waals surface area contributed by atoms with Gasteiger partial charge in [-0.25, -0.2) is 9.97 Å². The molecule has 0 radical (unpaired) electrons. The molecule has 0 aliphatic carbocycles. The molecule has 1 saturated heterocycles. The van der Waals surface area contributed by atoms with E-state index in [0.717, 1.165) is 59.3 Å². The average molecular weight is 415 g/mol. The van der Waals surface area contributed by atoms with Crippen LogP contribution in [0.15, 0.2) is 35.7 Å². The first-order chi connectivity index (χ1) is 14.2. The Bertz CT molecular complexity index is 928. The molecule has 7 nitrogen and oxygen atoms in total. The summed E-state index contributed by atoms with van der Waals surface area (Å²) in [5, 5.41) is 16.6. The second-order valence-electron chi connectivity index (χ2n) is 7.06. The average Bonchev–Trinajstić information content (AvgIpc) is 3.18. The molecule has 2 aromatic heterocycles. The highest BCUT2D eigenvalue weighted by Gasteiger charge is 2.18. The summed E-state index contributed by atoms with van der Waals surface area (Å²) in [4.78, 5) is 12.9. The van der Waals surface area contributed by atoms with Crippen molar-refractivity contribution < 1.29 is 14.6 Å². The molecule has 8 heteroatoms. The lowest BCUT2D eigenvalue weighted by molar-refractivity contribution is 0.0331. The van der Waals surface area contributed by atoms with Crippen molar-refractivity contribution >= 4 is 27.4 Å². The van der Waals surface area contributed by atoms with E-state index in [-0.39, 0.29) is 6.61 Å². The van der Waals surface area contributed by atoms with Crippen LogP contribution < -0.4 is 5.32 Å². The number of aliphatic hydroxyl groups excluding tert-OH is 1. The van der Waals surface area contributed by atoms with Gasteiger partial charge < -0.3 is 19.9 Å². The van der Waals surface area contributed by atoms with E-state index >= 15 is 0 Å². The fraction of sp³-hybridized carbons (Fsp3) is 0.429. The molecule has 0 bridgehead atoms. The van der Waals surface area contributed by atoms with Gasteiger partial charge in [0.15, 0.2) is 0 Å². The maximum Gasteiger partial charge on any atom is 0.146 e. The Morgan fingerprint density at radius 2 is 2.03 bits per heavy atom. The van der Waals surface area contributed by atoms with E-state index < -0.39 is 6.10 Å². The number of rotatable bonds is 8. The lowest BCUT2D eigenvalue weighted by atomic mass is 10.1. The highest BCUT2D eigenvalue weighted by atomic mass is 32.1. The lowest BCUT2D eigenvalue weighted by Crippen LogP contribution is -2.36. The molecule has 0 saturated carbocycles. The number of morpholine rings is 1. The van der Waals surface area contributed by atoms with Crippen LogP contribution in [0, 0.1) is 0 Å². The number of aromatic nitrogens is 2. The molecule has 0 amide bonds. The number of thiophene rings is 1. The second-order valence-corrected chi connectivity index (χ2v) is 7.92. The predicted octanol–water partition coefficient (Wildman–Crippen LogP) is 2.61. The zero-order chi connectivity index (χ0) is 20.1. The van der Waals surface area contributed by atoms with Crippen LogP contribution in [0.25, 0.3) is 21.3 Å². The highest BCUT2D eigenvalue weighted by Crippen LogP contribution is 2.37. The van der Waals surface area contributed by atoms with Gasteiger partial charge in [0.25, 0.3) is 0 Å². The van der Waals surface area contributed by atoms with Gasteiger partial charge in [0.05, 0.1) is 37.9 Å². The molecular weight excluding hydrogens is 388 g/mol. The summed E-state index contributed by atoms with van der Waals surface area (Å²) in [5.74, 6) is 1.54. The molecule has 2 N–H and O–H groups in total. The zero-order valence-corrected chi connectivity index (χ0v) is 17.3. The molecule has 29 heavy (non-hydrogen) atoms. The van der Waals surface area contributed by atoms with Crippen LogP contribution in [0.1, 0.15) is 5.82 Å². The van der Waals surface area contributed by atoms with Gasteiger partial charge in [0, 0.05) is 37.7 Å². The normalized spacial score (nSPS) is 16.2. The summed E-state index contributed by atoms with van der Waals surface area (Å²) in [6, 6.07) is 10.2. The summed E-state index contributed by atoms with van der Waals surface area (Å²) < 4.78 is 10.5. The van der Waals surface area contributed by atoms with E-state index in [0.29, 0.717) is 13.1 Å². The molecule has 1 fully saturated rings. The number of nitrogens with one attached hydrogen (secondary N) is 1. The SMILES string of the molecule is COCC(O)CNc1nc(CN2CCOCC2)nc2scc(-c3ccccc3)c12. The molecule has 0 spiro atoms. The van der Waals surface area contributed by atoms with Crippen molar-refractivity contribution in [3.63, 3.8) is 0 Å². The second kappa shape index (κ2) is 9.60. The number of ether oxygens (including phenoxy) is 2. The highest BCUT2D eigenvalue weighted by molar-refractivity contribution is 7.17. The van der Waals surface area contributed by atoms with Crippen molar-refractivity contribution in [3.8, 4) is 11.1 Å². The summed E-state index contributed by atoms with van der Waals surface area (Å²) in [6.07, 6.45) is -0.605. The van der Waals surface area contributed by atoms with Crippen molar-refractivity contribution in [2.24, 2.45) is 0 Å². The van der Waals surface area contributed by atoms with Crippen LogP contribution in [0.5, 0.6) is 0 Å². The summed E-state index contributed by atoms with van der Waals surface area (Å²) in [6.45, 7) is 4.58. The Labute approximate surface area is 174 Å². The molecule has 3 aromatic rings. The minimum Gasteiger partial charge on any atom is -0.389 e. The van der Waals surface area contributed by atoms with Crippen LogP contribution in [0.2, 0.25) is 0 Å². The first-order valence-electron chi connectivity index (χ1n) is 9.79. The van der Waals surface area contributed by atoms with Crippen LogP contribution in [0.4, 0.5) is 5.82 Å². The largest absolute Gasteiger partial charge is 0.389 e. The van der Waals surface area contributed by atoms with Crippen LogP contribution in [-0.2, 0) is 16.0 Å². The topological polar surface area (TPSA) is 79.7 Å². The number of nitrogens with zero attached hydrogens (tertiary/aromatic N) is 3. The predicted molar refractivity (Wildman–Crippen MR) is 115 cm³/mol. The molecule has 1 unspecified atom stereocenters. The number of hydrogen-bond acceptors (Lipinski definition) is 8. The molecule has 4 rings (SSSR count). The maximum absolute atomic E-state index is 10.1. The molecule has 1 aliphatic rings. The molecule has 1 aliphatic heterocycles. The fourth-order valence-electron chi connectivity index (χ4n) is 3.44. The number of anilines is 1. The first kappa shape index (κ1) is 20.2. The van der Waals surface area contributed by atoms with Crippen molar-refractivity contribution in [1.82, 2.24) is 14.9 Å². The third-order valence-electron chi connectivity index (χ3n) is 4.90. The lowest BCUT2D eigenvalue weighted by Gasteiger charge is -2.26. The Hall–Kier alpha value is -2.10. The Kier molecular flexibility index (Phi) is 6.68. The van der Waals surface area contributed by atoms with Gasteiger partial charge in [-0.05, 0) is 5.56 Å². The Balaban J connectivity index is 1.68. The van der Waals surface area contributed by atoms with Crippen molar-refractivity contribution in [3.05, 3.63) is 41.5 Å². The molecule has 1 atom stereocenters. The van der Waals surface area contributed by atoms with Crippen LogP contribution >= 0.6 is 11.3 Å². The molecule has 154 valence electrons. The summed E-state index contributed by atoms with van der Waals surface area (Å²) in [5.41, 5.74) is 2.23. The van der Waals surface area contributed by atoms with Gasteiger partial charge in [-0.2, -0.15) is 0 Å². The Morgan fingerprint density at radius 1 is 1.24 bits per heavy atom. The summed E-state index contributed by atoms with van der Waals surface area (Å²) >= 11 is 1.62. The molecular formula is C21H26N4O3S. The zero-order valence-electron chi connectivity index (χ0n) is 16.5. The van der Waals surface area contributed by atoms with Gasteiger partial charge in [-0.15, -0.1) is 11.3 Å². The van der Waals surface area contributed by atoms with E-state index in [9.17, 15) is 5.11 Å². The van der Waals surface area contributed by atoms with Crippen molar-refractivity contribution in [2.45, 2.75) is 12.6 Å². The van der Waals surface area contributed by atoms with Crippen molar-refractivity contribution in [1.29, 1.82) is 0 Å². The molecule has 3 heterocycles. The van der Waals surface area contributed by atoms with Gasteiger partial charge >= 0.3 is 0 Å². The minimum absolute atomic E-state index is 0.275. The number of fused-ring (bicyclic) bond motifs is 1. The quantitative estimate of drug-likeness (QED) is 0.586. The first-order valence-corrected chi connectivity index (χ1v) is 10.7. The smallest absolute Gasteiger partial charge is 0.146 e. The summed E-state index contributed by atoms with van der Waals surface area (Å²) in [7, 11) is 1.58. The Morgan fingerprint density at radius 3 is 2.79 bits per heavy atom. The van der Waals surface area contributed by atoms with E-state index in [1.54, 1.807) is 18.4 Å². The number of hydrogen-bond donors (Lipinski definition) is 2. The number of benzene rings is 1. The van der Waals surface area contributed by atoms with E-state index in [1.165, 1.54) is 0 Å². The minimum atomic E-state index is -0.605. The standard InChI is InChI=1S/C21H26N4O3S/c1-27-13-16(26)11-22-20-19-17(15-5-3-2-4-6-15)14-29-21(19)24-18(23-20)12-25-7-9-28-10-8-25/h2-6,14,16,26H,7-13H2,1H3,(H,22,23,24). The van der Waals surface area contributed by atoms with Crippen LogP contribution in [0.3, 0.4) is 0 Å². The van der Waals surface area contributed by atoms with E-state index in [2.05, 4.69) is 27.7 Å². The number of aliphatic hydroxyl groups is 1. The third-order valence-corrected chi connectivity index (χ3v) is 5.77. The number of methoxy groups -OCH3 is 1. The van der Waals surface area contributed by atoms with Crippen molar-refractivity contribution in [2.75, 3.05) is 51.9 Å². The maximum atomic E-state index is 10.1. The van der Waals surface area contributed by atoms with Gasteiger partial charge in [-0.1, -0.05) is 30.3 Å².